The summed E-state index contributed by atoms with van der Waals surface area (Å²) in [6.45, 7) is 2.43. The highest BCUT2D eigenvalue weighted by Gasteiger charge is 2.36. The van der Waals surface area contributed by atoms with Gasteiger partial charge < -0.3 is 11.1 Å². The first-order valence-electron chi connectivity index (χ1n) is 8.59. The minimum Gasteiger partial charge on any atom is -0.370 e. The standard InChI is InChI=1S/C19H22BrFN6/c1-12(14-5-7-15(20)8-6-14)19(23)26-17(22)25-18(27-19)24-10-9-13-3-2-4-16(21)11-13/h2-8,11-12H,9-10,23H2,1H3,(H4,22,24,25,26,27)/t12-,19?/m0/s1. The molecule has 0 saturated heterocycles. The second kappa shape index (κ2) is 8.06. The van der Waals surface area contributed by atoms with E-state index in [2.05, 4.69) is 36.5 Å². The first-order chi connectivity index (χ1) is 12.9. The molecule has 1 aliphatic heterocycles. The predicted molar refractivity (Wildman–Crippen MR) is 110 cm³/mol. The molecule has 0 bridgehead atoms. The van der Waals surface area contributed by atoms with Crippen molar-refractivity contribution in [1.82, 2.24) is 10.6 Å². The van der Waals surface area contributed by atoms with E-state index in [1.165, 1.54) is 12.1 Å². The van der Waals surface area contributed by atoms with E-state index in [0.29, 0.717) is 18.9 Å². The Morgan fingerprint density at radius 2 is 2.00 bits per heavy atom. The first-order valence-corrected chi connectivity index (χ1v) is 9.39. The summed E-state index contributed by atoms with van der Waals surface area (Å²) in [6, 6.07) is 14.4. The van der Waals surface area contributed by atoms with Crippen molar-refractivity contribution >= 4 is 27.8 Å². The maximum absolute atomic E-state index is 13.3. The quantitative estimate of drug-likeness (QED) is 0.582. The van der Waals surface area contributed by atoms with Crippen molar-refractivity contribution in [3.8, 4) is 0 Å². The van der Waals surface area contributed by atoms with Crippen LogP contribution in [0.25, 0.3) is 0 Å². The number of aliphatic imine (C=N–C) groups is 2. The Balaban J connectivity index is 1.72. The average molecular weight is 433 g/mol. The van der Waals surface area contributed by atoms with Crippen LogP contribution in [0, 0.1) is 5.82 Å². The van der Waals surface area contributed by atoms with Crippen LogP contribution in [0.5, 0.6) is 0 Å². The lowest BCUT2D eigenvalue weighted by Crippen LogP contribution is -2.66. The zero-order valence-electron chi connectivity index (χ0n) is 14.9. The van der Waals surface area contributed by atoms with E-state index in [4.69, 9.17) is 11.5 Å². The number of hydrogen-bond donors (Lipinski definition) is 4. The first kappa shape index (κ1) is 19.3. The third-order valence-corrected chi connectivity index (χ3v) is 4.99. The van der Waals surface area contributed by atoms with Crippen LogP contribution in [-0.4, -0.2) is 24.3 Å². The number of benzene rings is 2. The van der Waals surface area contributed by atoms with Crippen LogP contribution in [-0.2, 0) is 6.42 Å². The summed E-state index contributed by atoms with van der Waals surface area (Å²) in [5, 5.41) is 6.02. The fourth-order valence-corrected chi connectivity index (χ4v) is 3.14. The topological polar surface area (TPSA) is 101 Å². The van der Waals surface area contributed by atoms with E-state index in [9.17, 15) is 4.39 Å². The van der Waals surface area contributed by atoms with Crippen LogP contribution in [0.3, 0.4) is 0 Å². The lowest BCUT2D eigenvalue weighted by Gasteiger charge is -2.37. The molecule has 0 fully saturated rings. The molecule has 3 rings (SSSR count). The van der Waals surface area contributed by atoms with Crippen molar-refractivity contribution in [3.63, 3.8) is 0 Å². The molecule has 1 aliphatic rings. The monoisotopic (exact) mass is 432 g/mol. The Bertz CT molecular complexity index is 867. The van der Waals surface area contributed by atoms with Crippen LogP contribution in [0.2, 0.25) is 0 Å². The SMILES string of the molecule is C[C@@H](c1ccc(Br)cc1)C1(N)N=C(N)NC(=NCCc2cccc(F)c2)N1. The number of nitrogens with zero attached hydrogens (tertiary/aromatic N) is 2. The smallest absolute Gasteiger partial charge is 0.201 e. The molecule has 142 valence electrons. The van der Waals surface area contributed by atoms with Crippen LogP contribution < -0.4 is 22.1 Å². The van der Waals surface area contributed by atoms with Gasteiger partial charge in [-0.1, -0.05) is 47.1 Å². The minimum absolute atomic E-state index is 0.153. The fraction of sp³-hybridized carbons (Fsp3) is 0.263. The molecule has 1 unspecified atom stereocenters. The molecule has 27 heavy (non-hydrogen) atoms. The molecule has 1 heterocycles. The Hall–Kier alpha value is -2.45. The molecule has 0 radical (unpaired) electrons. The summed E-state index contributed by atoms with van der Waals surface area (Å²) < 4.78 is 14.3. The number of rotatable bonds is 5. The molecular formula is C19H22BrFN6. The Kier molecular flexibility index (Phi) is 5.76. The lowest BCUT2D eigenvalue weighted by molar-refractivity contribution is 0.337. The molecule has 6 N–H and O–H groups in total. The minimum atomic E-state index is -1.12. The van der Waals surface area contributed by atoms with Crippen molar-refractivity contribution in [2.75, 3.05) is 6.54 Å². The van der Waals surface area contributed by atoms with Gasteiger partial charge in [0.25, 0.3) is 0 Å². The molecule has 0 aromatic heterocycles. The van der Waals surface area contributed by atoms with Gasteiger partial charge in [0.05, 0.1) is 0 Å². The van der Waals surface area contributed by atoms with E-state index in [-0.39, 0.29) is 17.7 Å². The number of nitrogens with two attached hydrogens (primary N) is 2. The summed E-state index contributed by atoms with van der Waals surface area (Å²) in [4.78, 5) is 8.82. The van der Waals surface area contributed by atoms with E-state index in [0.717, 1.165) is 15.6 Å². The maximum atomic E-state index is 13.3. The zero-order chi connectivity index (χ0) is 19.4. The average Bonchev–Trinajstić information content (AvgIpc) is 2.61. The summed E-state index contributed by atoms with van der Waals surface area (Å²) >= 11 is 3.43. The van der Waals surface area contributed by atoms with Gasteiger partial charge in [-0.3, -0.25) is 16.0 Å². The Labute approximate surface area is 166 Å². The molecule has 0 saturated carbocycles. The summed E-state index contributed by atoms with van der Waals surface area (Å²) in [5.41, 5.74) is 14.3. The van der Waals surface area contributed by atoms with E-state index in [1.807, 2.05) is 37.3 Å². The number of guanidine groups is 2. The van der Waals surface area contributed by atoms with E-state index < -0.39 is 5.79 Å². The van der Waals surface area contributed by atoms with Gasteiger partial charge in [-0.25, -0.2) is 9.38 Å². The van der Waals surface area contributed by atoms with Gasteiger partial charge in [-0.2, -0.15) is 0 Å². The van der Waals surface area contributed by atoms with Crippen LogP contribution in [0.15, 0.2) is 63.0 Å². The predicted octanol–water partition coefficient (Wildman–Crippen LogP) is 2.41. The van der Waals surface area contributed by atoms with Crippen molar-refractivity contribution in [1.29, 1.82) is 0 Å². The van der Waals surface area contributed by atoms with Crippen molar-refractivity contribution < 1.29 is 4.39 Å². The van der Waals surface area contributed by atoms with Gasteiger partial charge in [0.1, 0.15) is 5.82 Å². The molecule has 0 aliphatic carbocycles. The van der Waals surface area contributed by atoms with Crippen molar-refractivity contribution in [2.45, 2.75) is 25.0 Å². The molecule has 6 nitrogen and oxygen atoms in total. The highest BCUT2D eigenvalue weighted by atomic mass is 79.9. The van der Waals surface area contributed by atoms with Gasteiger partial charge in [0, 0.05) is 16.9 Å². The van der Waals surface area contributed by atoms with Gasteiger partial charge in [-0.15, -0.1) is 0 Å². The fourth-order valence-electron chi connectivity index (χ4n) is 2.88. The summed E-state index contributed by atoms with van der Waals surface area (Å²) in [5.74, 6) is -0.884. The molecule has 2 aromatic carbocycles. The van der Waals surface area contributed by atoms with Crippen molar-refractivity contribution in [3.05, 3.63) is 69.9 Å². The number of nitrogens with one attached hydrogen (secondary N) is 2. The number of halogens is 2. The summed E-state index contributed by atoms with van der Waals surface area (Å²) in [7, 11) is 0. The summed E-state index contributed by atoms with van der Waals surface area (Å²) in [6.07, 6.45) is 0.599. The highest BCUT2D eigenvalue weighted by Crippen LogP contribution is 2.27. The van der Waals surface area contributed by atoms with Gasteiger partial charge in [0.2, 0.25) is 5.96 Å². The molecule has 8 heteroatoms. The largest absolute Gasteiger partial charge is 0.370 e. The Morgan fingerprint density at radius 3 is 2.70 bits per heavy atom. The maximum Gasteiger partial charge on any atom is 0.201 e. The van der Waals surface area contributed by atoms with Crippen LogP contribution >= 0.6 is 15.9 Å². The second-order valence-electron chi connectivity index (χ2n) is 6.46. The molecular weight excluding hydrogens is 411 g/mol. The molecule has 0 amide bonds. The van der Waals surface area contributed by atoms with E-state index >= 15 is 0 Å². The third-order valence-electron chi connectivity index (χ3n) is 4.46. The number of hydrogen-bond acceptors (Lipinski definition) is 4. The van der Waals surface area contributed by atoms with Gasteiger partial charge >= 0.3 is 0 Å². The Morgan fingerprint density at radius 1 is 1.26 bits per heavy atom. The van der Waals surface area contributed by atoms with E-state index in [1.54, 1.807) is 6.07 Å². The zero-order valence-corrected chi connectivity index (χ0v) is 16.5. The van der Waals surface area contributed by atoms with Crippen LogP contribution in [0.1, 0.15) is 24.0 Å². The van der Waals surface area contributed by atoms with Crippen molar-refractivity contribution in [2.24, 2.45) is 21.5 Å². The molecule has 2 aromatic rings. The molecule has 0 spiro atoms. The third kappa shape index (κ3) is 4.84. The molecule has 2 atom stereocenters. The van der Waals surface area contributed by atoms with Crippen LogP contribution in [0.4, 0.5) is 4.39 Å². The van der Waals surface area contributed by atoms with Gasteiger partial charge in [-0.05, 0) is 41.8 Å². The highest BCUT2D eigenvalue weighted by molar-refractivity contribution is 9.10. The van der Waals surface area contributed by atoms with Gasteiger partial charge in [0.15, 0.2) is 11.7 Å². The second-order valence-corrected chi connectivity index (χ2v) is 7.37. The normalized spacial score (nSPS) is 21.9. The lowest BCUT2D eigenvalue weighted by atomic mass is 9.94.